The molecule has 1 aromatic rings. The van der Waals surface area contributed by atoms with Gasteiger partial charge in [-0.15, -0.1) is 11.3 Å². The fourth-order valence-corrected chi connectivity index (χ4v) is 3.71. The molecule has 28 heavy (non-hydrogen) atoms. The van der Waals surface area contributed by atoms with Gasteiger partial charge in [-0.2, -0.15) is 0 Å². The minimum Gasteiger partial charge on any atom is -0.444 e. The maximum atomic E-state index is 12.2. The van der Waals surface area contributed by atoms with Crippen LogP contribution < -0.4 is 5.32 Å². The highest BCUT2D eigenvalue weighted by atomic mass is 32.1. The molecular weight excluding hydrogens is 374 g/mol. The summed E-state index contributed by atoms with van der Waals surface area (Å²) < 4.78 is 5.47. The third kappa shape index (κ3) is 7.30. The fraction of sp³-hybridized carbons (Fsp3) is 0.750. The molecule has 1 aliphatic heterocycles. The van der Waals surface area contributed by atoms with Gasteiger partial charge in [-0.1, -0.05) is 0 Å². The molecule has 0 spiro atoms. The fourth-order valence-electron chi connectivity index (χ4n) is 3.11. The normalized spacial score (nSPS) is 16.2. The molecule has 0 saturated carbocycles. The maximum Gasteiger partial charge on any atom is 0.410 e. The Hall–Kier alpha value is -1.83. The topological polar surface area (TPSA) is 70.1 Å². The van der Waals surface area contributed by atoms with Crippen molar-refractivity contribution in [2.24, 2.45) is 10.9 Å². The van der Waals surface area contributed by atoms with Crippen molar-refractivity contribution >= 4 is 23.4 Å². The van der Waals surface area contributed by atoms with Gasteiger partial charge in [0, 0.05) is 38.6 Å². The molecule has 1 amide bonds. The highest BCUT2D eigenvalue weighted by molar-refractivity contribution is 7.09. The van der Waals surface area contributed by atoms with Crippen molar-refractivity contribution < 1.29 is 9.53 Å². The summed E-state index contributed by atoms with van der Waals surface area (Å²) in [5.74, 6) is 1.39. The Morgan fingerprint density at radius 2 is 2.11 bits per heavy atom. The largest absolute Gasteiger partial charge is 0.444 e. The van der Waals surface area contributed by atoms with E-state index in [4.69, 9.17) is 9.73 Å². The molecule has 8 heteroatoms. The van der Waals surface area contributed by atoms with Gasteiger partial charge in [0.05, 0.1) is 17.2 Å². The second-order valence-corrected chi connectivity index (χ2v) is 9.38. The summed E-state index contributed by atoms with van der Waals surface area (Å²) in [6, 6.07) is 0. The summed E-state index contributed by atoms with van der Waals surface area (Å²) in [5.41, 5.74) is 0.626. The Kier molecular flexibility index (Phi) is 8.10. The van der Waals surface area contributed by atoms with Crippen LogP contribution in [0.5, 0.6) is 0 Å². The van der Waals surface area contributed by atoms with Crippen molar-refractivity contribution in [2.45, 2.75) is 59.6 Å². The third-order valence-electron chi connectivity index (χ3n) is 4.53. The van der Waals surface area contributed by atoms with Crippen LogP contribution in [0.2, 0.25) is 0 Å². The molecule has 1 fully saturated rings. The monoisotopic (exact) mass is 409 g/mol. The number of nitrogens with one attached hydrogen (secondary N) is 1. The summed E-state index contributed by atoms with van der Waals surface area (Å²) in [5, 5.41) is 6.55. The number of hydrogen-bond donors (Lipinski definition) is 1. The lowest BCUT2D eigenvalue weighted by Crippen LogP contribution is -2.42. The molecule has 0 atom stereocenters. The number of nitrogens with zero attached hydrogens (tertiary/aromatic N) is 4. The minimum absolute atomic E-state index is 0.207. The zero-order chi connectivity index (χ0) is 20.7. The van der Waals surface area contributed by atoms with Gasteiger partial charge in [0.25, 0.3) is 0 Å². The summed E-state index contributed by atoms with van der Waals surface area (Å²) in [7, 11) is 2.04. The number of carbonyl (C=O) groups is 1. The van der Waals surface area contributed by atoms with Crippen molar-refractivity contribution in [3.63, 3.8) is 0 Å². The van der Waals surface area contributed by atoms with Crippen LogP contribution in [-0.2, 0) is 11.3 Å². The Morgan fingerprint density at radius 3 is 2.64 bits per heavy atom. The lowest BCUT2D eigenvalue weighted by Gasteiger charge is -2.33. The first-order valence-electron chi connectivity index (χ1n) is 10.1. The van der Waals surface area contributed by atoms with E-state index < -0.39 is 5.60 Å². The standard InChI is InChI=1S/C20H35N5O2S/c1-7-21-18(24(6)13-17-14-28-15(2)23-17)22-12-16-8-10-25(11-9-16)19(26)27-20(3,4)5/h14,16H,7-13H2,1-6H3,(H,21,22). The number of aliphatic imine (C=N–C) groups is 1. The number of hydrogen-bond acceptors (Lipinski definition) is 5. The highest BCUT2D eigenvalue weighted by Gasteiger charge is 2.26. The van der Waals surface area contributed by atoms with E-state index in [0.29, 0.717) is 5.92 Å². The molecule has 158 valence electrons. The van der Waals surface area contributed by atoms with E-state index >= 15 is 0 Å². The van der Waals surface area contributed by atoms with Crippen LogP contribution in [0.4, 0.5) is 4.79 Å². The predicted octanol–water partition coefficient (Wildman–Crippen LogP) is 3.50. The van der Waals surface area contributed by atoms with Gasteiger partial charge in [0.15, 0.2) is 5.96 Å². The number of aromatic nitrogens is 1. The van der Waals surface area contributed by atoms with Crippen LogP contribution in [0.1, 0.15) is 51.2 Å². The number of likely N-dealkylation sites (tertiary alicyclic amines) is 1. The van der Waals surface area contributed by atoms with E-state index in [1.165, 1.54) is 0 Å². The molecule has 0 aromatic carbocycles. The number of guanidine groups is 1. The van der Waals surface area contributed by atoms with E-state index in [9.17, 15) is 4.79 Å². The molecule has 1 saturated heterocycles. The number of piperidine rings is 1. The zero-order valence-corrected chi connectivity index (χ0v) is 18.9. The second-order valence-electron chi connectivity index (χ2n) is 8.32. The Balaban J connectivity index is 1.85. The molecular formula is C20H35N5O2S. The van der Waals surface area contributed by atoms with Crippen LogP contribution in [0.15, 0.2) is 10.4 Å². The van der Waals surface area contributed by atoms with Crippen LogP contribution in [0, 0.1) is 12.8 Å². The van der Waals surface area contributed by atoms with E-state index in [-0.39, 0.29) is 6.09 Å². The summed E-state index contributed by atoms with van der Waals surface area (Å²) >= 11 is 1.67. The summed E-state index contributed by atoms with van der Waals surface area (Å²) in [6.45, 7) is 13.6. The molecule has 0 radical (unpaired) electrons. The molecule has 1 aromatic heterocycles. The van der Waals surface area contributed by atoms with Crippen LogP contribution >= 0.6 is 11.3 Å². The highest BCUT2D eigenvalue weighted by Crippen LogP contribution is 2.20. The summed E-state index contributed by atoms with van der Waals surface area (Å²) in [4.78, 5) is 25.5. The smallest absolute Gasteiger partial charge is 0.410 e. The van der Waals surface area contributed by atoms with Crippen molar-refractivity contribution in [1.82, 2.24) is 20.1 Å². The average Bonchev–Trinajstić information content (AvgIpc) is 3.02. The van der Waals surface area contributed by atoms with Crippen molar-refractivity contribution in [1.29, 1.82) is 0 Å². The number of aryl methyl sites for hydroxylation is 1. The predicted molar refractivity (Wildman–Crippen MR) is 115 cm³/mol. The van der Waals surface area contributed by atoms with Crippen LogP contribution in [0.25, 0.3) is 0 Å². The molecule has 0 bridgehead atoms. The Morgan fingerprint density at radius 1 is 1.43 bits per heavy atom. The molecule has 1 aliphatic rings. The number of amides is 1. The molecule has 0 unspecified atom stereocenters. The van der Waals surface area contributed by atoms with Crippen LogP contribution in [-0.4, -0.2) is 65.7 Å². The first kappa shape index (κ1) is 22.5. The Labute approximate surface area is 173 Å². The molecule has 0 aliphatic carbocycles. The van der Waals surface area contributed by atoms with E-state index in [1.54, 1.807) is 11.3 Å². The first-order valence-corrected chi connectivity index (χ1v) is 10.9. The van der Waals surface area contributed by atoms with Gasteiger partial charge in [0.2, 0.25) is 0 Å². The molecule has 1 N–H and O–H groups in total. The van der Waals surface area contributed by atoms with Crippen molar-refractivity contribution in [3.8, 4) is 0 Å². The van der Waals surface area contributed by atoms with Gasteiger partial charge in [-0.3, -0.25) is 4.99 Å². The third-order valence-corrected chi connectivity index (χ3v) is 5.35. The van der Waals surface area contributed by atoms with E-state index in [0.717, 1.165) is 62.2 Å². The number of carbonyl (C=O) groups excluding carboxylic acids is 1. The van der Waals surface area contributed by atoms with Crippen molar-refractivity contribution in [3.05, 3.63) is 16.1 Å². The second kappa shape index (κ2) is 10.1. The average molecular weight is 410 g/mol. The molecule has 7 nitrogen and oxygen atoms in total. The number of thiazole rings is 1. The minimum atomic E-state index is -0.445. The lowest BCUT2D eigenvalue weighted by atomic mass is 9.97. The zero-order valence-electron chi connectivity index (χ0n) is 18.1. The molecule has 2 rings (SSSR count). The Bertz CT molecular complexity index is 660. The first-order chi connectivity index (χ1) is 13.2. The quantitative estimate of drug-likeness (QED) is 0.595. The van der Waals surface area contributed by atoms with Crippen molar-refractivity contribution in [2.75, 3.05) is 33.2 Å². The molecule has 2 heterocycles. The van der Waals surface area contributed by atoms with Gasteiger partial charge in [0.1, 0.15) is 5.60 Å². The summed E-state index contributed by atoms with van der Waals surface area (Å²) in [6.07, 6.45) is 1.70. The van der Waals surface area contributed by atoms with Gasteiger partial charge >= 0.3 is 6.09 Å². The van der Waals surface area contributed by atoms with E-state index in [2.05, 4.69) is 27.5 Å². The number of ether oxygens (including phenoxy) is 1. The van der Waals surface area contributed by atoms with Gasteiger partial charge < -0.3 is 19.9 Å². The lowest BCUT2D eigenvalue weighted by molar-refractivity contribution is 0.0187. The SMILES string of the molecule is CCNC(=NCC1CCN(C(=O)OC(C)(C)C)CC1)N(C)Cc1csc(C)n1. The van der Waals surface area contributed by atoms with Gasteiger partial charge in [-0.05, 0) is 53.4 Å². The van der Waals surface area contributed by atoms with Gasteiger partial charge in [-0.25, -0.2) is 9.78 Å². The van der Waals surface area contributed by atoms with E-state index in [1.807, 2.05) is 39.6 Å². The number of rotatable bonds is 5. The van der Waals surface area contributed by atoms with Crippen LogP contribution in [0.3, 0.4) is 0 Å². The maximum absolute atomic E-state index is 12.2.